The van der Waals surface area contributed by atoms with E-state index in [9.17, 15) is 14.4 Å². The van der Waals surface area contributed by atoms with E-state index in [1.807, 2.05) is 44.9 Å². The quantitative estimate of drug-likeness (QED) is 0.287. The fraction of sp³-hybridized carbons (Fsp3) is 0.333. The molecular formula is C27H30ClN7O3S. The van der Waals surface area contributed by atoms with Gasteiger partial charge in [-0.05, 0) is 18.2 Å². The van der Waals surface area contributed by atoms with Crippen LogP contribution in [-0.4, -0.2) is 57.1 Å². The Kier molecular flexibility index (Phi) is 8.03. The molecule has 0 saturated heterocycles. The van der Waals surface area contributed by atoms with E-state index in [0.29, 0.717) is 39.3 Å². The van der Waals surface area contributed by atoms with Gasteiger partial charge in [-0.15, -0.1) is 11.3 Å². The second-order valence-corrected chi connectivity index (χ2v) is 12.2. The van der Waals surface area contributed by atoms with Crippen LogP contribution in [0.1, 0.15) is 40.8 Å². The number of hydrogen-bond donors (Lipinski definition) is 0. The number of aromatic nitrogens is 5. The second kappa shape index (κ2) is 11.1. The summed E-state index contributed by atoms with van der Waals surface area (Å²) >= 11 is 7.59. The Hall–Kier alpha value is -3.83. The first-order valence-electron chi connectivity index (χ1n) is 12.2. The van der Waals surface area contributed by atoms with Gasteiger partial charge in [-0.3, -0.25) is 19.0 Å². The van der Waals surface area contributed by atoms with E-state index in [1.54, 1.807) is 31.1 Å². The van der Waals surface area contributed by atoms with Crippen LogP contribution in [0.15, 0.2) is 53.8 Å². The van der Waals surface area contributed by atoms with Crippen molar-refractivity contribution < 1.29 is 9.59 Å². The fourth-order valence-electron chi connectivity index (χ4n) is 3.94. The van der Waals surface area contributed by atoms with Gasteiger partial charge in [-0.1, -0.05) is 32.4 Å². The van der Waals surface area contributed by atoms with Crippen LogP contribution in [0.2, 0.25) is 4.34 Å². The highest BCUT2D eigenvalue weighted by molar-refractivity contribution is 7.16. The van der Waals surface area contributed by atoms with Crippen molar-refractivity contribution in [3.05, 3.63) is 74.2 Å². The van der Waals surface area contributed by atoms with Crippen LogP contribution in [0.3, 0.4) is 0 Å². The Labute approximate surface area is 235 Å². The van der Waals surface area contributed by atoms with Gasteiger partial charge in [0.05, 0.1) is 28.7 Å². The van der Waals surface area contributed by atoms with Gasteiger partial charge in [0.15, 0.2) is 5.78 Å². The lowest BCUT2D eigenvalue weighted by Crippen LogP contribution is -2.31. The third kappa shape index (κ3) is 6.26. The average molecular weight is 568 g/mol. The lowest BCUT2D eigenvalue weighted by molar-refractivity contribution is 0.0751. The molecule has 0 bridgehead atoms. The Morgan fingerprint density at radius 3 is 2.31 bits per heavy atom. The highest BCUT2D eigenvalue weighted by Crippen LogP contribution is 2.30. The SMILES string of the molecule is CN(C)c1cc(-c2cc(N(C)Cc3ccc(Cl)s3)n(C(=O)C(C)(C)C)n2)cc(=O)n1CC(=O)c1cncnc1. The molecule has 0 aliphatic rings. The summed E-state index contributed by atoms with van der Waals surface area (Å²) in [5, 5.41) is 4.65. The number of ketones is 1. The van der Waals surface area contributed by atoms with Crippen LogP contribution >= 0.6 is 22.9 Å². The summed E-state index contributed by atoms with van der Waals surface area (Å²) in [7, 11) is 5.46. The number of thiophene rings is 1. The van der Waals surface area contributed by atoms with E-state index < -0.39 is 5.41 Å². The number of rotatable bonds is 8. The van der Waals surface area contributed by atoms with Crippen LogP contribution in [0.25, 0.3) is 11.3 Å². The Balaban J connectivity index is 1.76. The molecule has 0 amide bonds. The Morgan fingerprint density at radius 1 is 1.03 bits per heavy atom. The molecule has 0 fully saturated rings. The maximum atomic E-state index is 13.4. The zero-order valence-electron chi connectivity index (χ0n) is 22.7. The predicted molar refractivity (Wildman–Crippen MR) is 154 cm³/mol. The number of hydrogen-bond acceptors (Lipinski definition) is 9. The number of carbonyl (C=O) groups excluding carboxylic acids is 2. The van der Waals surface area contributed by atoms with Crippen molar-refractivity contribution in [2.75, 3.05) is 30.9 Å². The monoisotopic (exact) mass is 567 g/mol. The number of anilines is 2. The number of nitrogens with zero attached hydrogens (tertiary/aromatic N) is 7. The molecule has 0 saturated carbocycles. The molecule has 0 atom stereocenters. The van der Waals surface area contributed by atoms with E-state index in [4.69, 9.17) is 11.6 Å². The van der Waals surface area contributed by atoms with Crippen molar-refractivity contribution in [2.45, 2.75) is 33.9 Å². The molecule has 12 heteroatoms. The minimum absolute atomic E-state index is 0.172. The van der Waals surface area contributed by atoms with Crippen molar-refractivity contribution in [3.8, 4) is 11.3 Å². The van der Waals surface area contributed by atoms with Crippen molar-refractivity contribution in [2.24, 2.45) is 5.41 Å². The first-order chi connectivity index (χ1) is 18.3. The second-order valence-electron chi connectivity index (χ2n) is 10.4. The van der Waals surface area contributed by atoms with E-state index in [0.717, 1.165) is 4.88 Å². The third-order valence-corrected chi connectivity index (χ3v) is 7.20. The summed E-state index contributed by atoms with van der Waals surface area (Å²) in [5.41, 5.74) is 0.252. The molecule has 0 radical (unpaired) electrons. The van der Waals surface area contributed by atoms with Gasteiger partial charge in [0.1, 0.15) is 18.0 Å². The van der Waals surface area contributed by atoms with Crippen LogP contribution in [0.4, 0.5) is 11.6 Å². The summed E-state index contributed by atoms with van der Waals surface area (Å²) in [4.78, 5) is 52.0. The molecular weight excluding hydrogens is 538 g/mol. The van der Waals surface area contributed by atoms with Gasteiger partial charge in [0.25, 0.3) is 11.5 Å². The summed E-state index contributed by atoms with van der Waals surface area (Å²) in [6, 6.07) is 8.80. The molecule has 0 aliphatic heterocycles. The molecule has 4 aromatic heterocycles. The van der Waals surface area contributed by atoms with Gasteiger partial charge in [-0.2, -0.15) is 9.78 Å². The van der Waals surface area contributed by atoms with E-state index >= 15 is 0 Å². The number of halogens is 1. The highest BCUT2D eigenvalue weighted by atomic mass is 35.5. The van der Waals surface area contributed by atoms with Crippen molar-refractivity contribution in [3.63, 3.8) is 0 Å². The summed E-state index contributed by atoms with van der Waals surface area (Å²) in [6.45, 7) is 5.85. The van der Waals surface area contributed by atoms with Crippen LogP contribution in [0.5, 0.6) is 0 Å². The first-order valence-corrected chi connectivity index (χ1v) is 13.4. The van der Waals surface area contributed by atoms with Gasteiger partial charge in [-0.25, -0.2) is 9.97 Å². The Morgan fingerprint density at radius 2 is 1.72 bits per heavy atom. The predicted octanol–water partition coefficient (Wildman–Crippen LogP) is 4.49. The third-order valence-electron chi connectivity index (χ3n) is 5.98. The summed E-state index contributed by atoms with van der Waals surface area (Å²) in [6.07, 6.45) is 4.18. The molecule has 4 aromatic rings. The minimum atomic E-state index is -0.690. The minimum Gasteiger partial charge on any atom is -0.364 e. The van der Waals surface area contributed by atoms with Crippen LogP contribution in [-0.2, 0) is 13.1 Å². The largest absolute Gasteiger partial charge is 0.364 e. The van der Waals surface area contributed by atoms with Crippen LogP contribution < -0.4 is 15.4 Å². The molecule has 10 nitrogen and oxygen atoms in total. The molecule has 4 heterocycles. The molecule has 4 rings (SSSR count). The van der Waals surface area contributed by atoms with Gasteiger partial charge in [0.2, 0.25) is 0 Å². The van der Waals surface area contributed by atoms with E-state index in [1.165, 1.54) is 45.4 Å². The molecule has 0 spiro atoms. The van der Waals surface area contributed by atoms with Crippen molar-refractivity contribution >= 4 is 46.3 Å². The zero-order chi connectivity index (χ0) is 28.5. The highest BCUT2D eigenvalue weighted by Gasteiger charge is 2.28. The maximum absolute atomic E-state index is 13.4. The maximum Gasteiger partial charge on any atom is 0.254 e. The summed E-state index contributed by atoms with van der Waals surface area (Å²) in [5.74, 6) is 0.634. The molecule has 0 unspecified atom stereocenters. The molecule has 39 heavy (non-hydrogen) atoms. The molecule has 204 valence electrons. The molecule has 0 aliphatic carbocycles. The van der Waals surface area contributed by atoms with Gasteiger partial charge in [0, 0.05) is 61.5 Å². The van der Waals surface area contributed by atoms with Crippen molar-refractivity contribution in [1.82, 2.24) is 24.3 Å². The van der Waals surface area contributed by atoms with Crippen molar-refractivity contribution in [1.29, 1.82) is 0 Å². The fourth-order valence-corrected chi connectivity index (χ4v) is 5.08. The van der Waals surface area contributed by atoms with Crippen LogP contribution in [0, 0.1) is 5.41 Å². The average Bonchev–Trinajstić information content (AvgIpc) is 3.50. The lowest BCUT2D eigenvalue weighted by Gasteiger charge is -2.22. The van der Waals surface area contributed by atoms with E-state index in [2.05, 4.69) is 15.1 Å². The van der Waals surface area contributed by atoms with Gasteiger partial charge < -0.3 is 9.80 Å². The number of pyridine rings is 1. The standard InChI is InChI=1S/C27H30ClN7O3S/c1-27(2,3)26(38)35-24(33(6)14-19-7-8-22(28)39-19)11-20(31-35)17-9-23(32(4)5)34(25(37)10-17)15-21(36)18-12-29-16-30-13-18/h7-13,16H,14-15H2,1-6H3. The number of Topliss-reactive ketones (excluding diaryl/α,β-unsaturated/α-hetero) is 1. The first kappa shape index (κ1) is 28.2. The molecule has 0 N–H and O–H groups in total. The Bertz CT molecular complexity index is 1570. The summed E-state index contributed by atoms with van der Waals surface area (Å²) < 4.78 is 3.47. The lowest BCUT2D eigenvalue weighted by atomic mass is 9.96. The van der Waals surface area contributed by atoms with Gasteiger partial charge >= 0.3 is 0 Å². The van der Waals surface area contributed by atoms with E-state index in [-0.39, 0.29) is 23.8 Å². The molecule has 0 aromatic carbocycles. The number of carbonyl (C=O) groups is 2. The topological polar surface area (TPSA) is 106 Å². The smallest absolute Gasteiger partial charge is 0.254 e. The normalized spacial score (nSPS) is 11.5. The zero-order valence-corrected chi connectivity index (χ0v) is 24.2.